The third-order valence-electron chi connectivity index (χ3n) is 2.99. The van der Waals surface area contributed by atoms with Crippen LogP contribution in [0.1, 0.15) is 18.1 Å². The van der Waals surface area contributed by atoms with Crippen molar-refractivity contribution in [2.24, 2.45) is 0 Å². The van der Waals surface area contributed by atoms with Gasteiger partial charge in [0, 0.05) is 21.7 Å². The van der Waals surface area contributed by atoms with Crippen LogP contribution in [0, 0.1) is 0 Å². The van der Waals surface area contributed by atoms with Gasteiger partial charge in [-0.15, -0.1) is 0 Å². The molecule has 0 aliphatic rings. The Bertz CT molecular complexity index is 694. The van der Waals surface area contributed by atoms with E-state index in [1.165, 1.54) is 6.08 Å². The Morgan fingerprint density at radius 3 is 2.52 bits per heavy atom. The van der Waals surface area contributed by atoms with Crippen LogP contribution in [-0.2, 0) is 16.1 Å². The van der Waals surface area contributed by atoms with E-state index in [0.29, 0.717) is 29.0 Å². The van der Waals surface area contributed by atoms with Crippen molar-refractivity contribution in [1.82, 2.24) is 0 Å². The van der Waals surface area contributed by atoms with Gasteiger partial charge in [-0.2, -0.15) is 0 Å². The quantitative estimate of drug-likeness (QED) is 0.533. The molecule has 0 saturated heterocycles. The molecule has 23 heavy (non-hydrogen) atoms. The Labute approximate surface area is 145 Å². The number of carbonyl (C=O) groups is 1. The topological polar surface area (TPSA) is 35.5 Å². The maximum atomic E-state index is 11.2. The smallest absolute Gasteiger partial charge is 0.330 e. The first kappa shape index (κ1) is 17.4. The molecule has 3 nitrogen and oxygen atoms in total. The van der Waals surface area contributed by atoms with Gasteiger partial charge in [0.25, 0.3) is 0 Å². The fourth-order valence-corrected chi connectivity index (χ4v) is 2.29. The van der Waals surface area contributed by atoms with Gasteiger partial charge in [0.05, 0.1) is 6.61 Å². The lowest BCUT2D eigenvalue weighted by Crippen LogP contribution is -1.98. The number of esters is 1. The predicted molar refractivity (Wildman–Crippen MR) is 92.9 cm³/mol. The maximum absolute atomic E-state index is 11.2. The van der Waals surface area contributed by atoms with E-state index in [1.807, 2.05) is 30.3 Å². The summed E-state index contributed by atoms with van der Waals surface area (Å²) in [4.78, 5) is 11.2. The van der Waals surface area contributed by atoms with Crippen molar-refractivity contribution in [2.45, 2.75) is 13.5 Å². The molecule has 0 bridgehead atoms. The van der Waals surface area contributed by atoms with Crippen LogP contribution in [0.3, 0.4) is 0 Å². The van der Waals surface area contributed by atoms with Crippen LogP contribution in [-0.4, -0.2) is 12.6 Å². The molecule has 0 aromatic heterocycles. The second-order valence-corrected chi connectivity index (χ2v) is 5.52. The minimum atomic E-state index is -0.356. The molecule has 0 unspecified atom stereocenters. The van der Waals surface area contributed by atoms with Gasteiger partial charge in [-0.1, -0.05) is 41.4 Å². The highest BCUT2D eigenvalue weighted by Gasteiger charge is 2.02. The Hall–Kier alpha value is -1.97. The Kier molecular flexibility index (Phi) is 6.51. The van der Waals surface area contributed by atoms with Crippen molar-refractivity contribution < 1.29 is 14.3 Å². The van der Waals surface area contributed by atoms with E-state index in [4.69, 9.17) is 32.7 Å². The third kappa shape index (κ3) is 5.62. The molecule has 0 atom stereocenters. The highest BCUT2D eigenvalue weighted by molar-refractivity contribution is 6.35. The van der Waals surface area contributed by atoms with Crippen molar-refractivity contribution in [1.29, 1.82) is 0 Å². The van der Waals surface area contributed by atoms with Gasteiger partial charge in [0.15, 0.2) is 0 Å². The van der Waals surface area contributed by atoms with E-state index in [2.05, 4.69) is 0 Å². The zero-order valence-electron chi connectivity index (χ0n) is 12.6. The highest BCUT2D eigenvalue weighted by Crippen LogP contribution is 2.23. The molecule has 2 rings (SSSR count). The molecule has 0 saturated carbocycles. The molecular weight excluding hydrogens is 335 g/mol. The van der Waals surface area contributed by atoms with Gasteiger partial charge in [-0.25, -0.2) is 4.79 Å². The van der Waals surface area contributed by atoms with E-state index < -0.39 is 0 Å². The number of hydrogen-bond donors (Lipinski definition) is 0. The van der Waals surface area contributed by atoms with Crippen LogP contribution in [0.25, 0.3) is 6.08 Å². The monoisotopic (exact) mass is 350 g/mol. The summed E-state index contributed by atoms with van der Waals surface area (Å²) in [7, 11) is 0. The molecule has 2 aromatic carbocycles. The molecule has 0 heterocycles. The summed E-state index contributed by atoms with van der Waals surface area (Å²) in [6.07, 6.45) is 3.09. The first-order valence-electron chi connectivity index (χ1n) is 7.10. The van der Waals surface area contributed by atoms with Crippen LogP contribution >= 0.6 is 23.2 Å². The molecule has 0 radical (unpaired) electrons. The van der Waals surface area contributed by atoms with E-state index in [9.17, 15) is 4.79 Å². The van der Waals surface area contributed by atoms with Gasteiger partial charge in [0.2, 0.25) is 0 Å². The first-order chi connectivity index (χ1) is 11.1. The number of benzene rings is 2. The van der Waals surface area contributed by atoms with Crippen LogP contribution in [0.4, 0.5) is 0 Å². The average Bonchev–Trinajstić information content (AvgIpc) is 2.53. The number of rotatable bonds is 6. The Morgan fingerprint density at radius 2 is 1.87 bits per heavy atom. The zero-order valence-corrected chi connectivity index (χ0v) is 14.1. The van der Waals surface area contributed by atoms with Crippen molar-refractivity contribution in [3.05, 3.63) is 69.7 Å². The summed E-state index contributed by atoms with van der Waals surface area (Å²) in [6.45, 7) is 2.49. The normalized spacial score (nSPS) is 10.7. The fourth-order valence-electron chi connectivity index (χ4n) is 1.83. The van der Waals surface area contributed by atoms with E-state index >= 15 is 0 Å². The van der Waals surface area contributed by atoms with Gasteiger partial charge in [-0.3, -0.25) is 0 Å². The molecule has 0 N–H and O–H groups in total. The second kappa shape index (κ2) is 8.61. The molecule has 0 aliphatic heterocycles. The third-order valence-corrected chi connectivity index (χ3v) is 3.57. The fraction of sp³-hybridized carbons (Fsp3) is 0.167. The highest BCUT2D eigenvalue weighted by atomic mass is 35.5. The Balaban J connectivity index is 1.93. The largest absolute Gasteiger partial charge is 0.489 e. The molecule has 0 aliphatic carbocycles. The predicted octanol–water partition coefficient (Wildman–Crippen LogP) is 5.15. The number of hydrogen-bond acceptors (Lipinski definition) is 3. The van der Waals surface area contributed by atoms with Gasteiger partial charge >= 0.3 is 5.97 Å². The van der Waals surface area contributed by atoms with E-state index in [1.54, 1.807) is 25.1 Å². The van der Waals surface area contributed by atoms with Crippen molar-refractivity contribution >= 4 is 35.2 Å². The summed E-state index contributed by atoms with van der Waals surface area (Å²) < 4.78 is 10.5. The van der Waals surface area contributed by atoms with Crippen LogP contribution in [0.2, 0.25) is 10.0 Å². The average molecular weight is 351 g/mol. The minimum Gasteiger partial charge on any atom is -0.489 e. The summed E-state index contributed by atoms with van der Waals surface area (Å²) in [5.41, 5.74) is 1.75. The van der Waals surface area contributed by atoms with Gasteiger partial charge in [0.1, 0.15) is 12.4 Å². The SMILES string of the molecule is CCOC(=O)/C=C/c1ccc(OCc2ccc(Cl)cc2Cl)cc1. The minimum absolute atomic E-state index is 0.355. The number of carbonyl (C=O) groups excluding carboxylic acids is 1. The van der Waals surface area contributed by atoms with E-state index in [0.717, 1.165) is 11.1 Å². The lowest BCUT2D eigenvalue weighted by atomic mass is 10.2. The summed E-state index contributed by atoms with van der Waals surface area (Å²) >= 11 is 12.0. The first-order valence-corrected chi connectivity index (χ1v) is 7.85. The molecule has 0 amide bonds. The standard InChI is InChI=1S/C18H16Cl2O3/c1-2-22-18(21)10-5-13-3-8-16(9-4-13)23-12-14-6-7-15(19)11-17(14)20/h3-11H,2,12H2,1H3/b10-5+. The molecule has 2 aromatic rings. The number of halogens is 2. The molecule has 120 valence electrons. The summed E-state index contributed by atoms with van der Waals surface area (Å²) in [5.74, 6) is 0.356. The van der Waals surface area contributed by atoms with E-state index in [-0.39, 0.29) is 5.97 Å². The summed E-state index contributed by atoms with van der Waals surface area (Å²) in [6, 6.07) is 12.7. The molecule has 0 spiro atoms. The van der Waals surface area contributed by atoms with Crippen LogP contribution in [0.15, 0.2) is 48.5 Å². The van der Waals surface area contributed by atoms with Crippen molar-refractivity contribution in [3.8, 4) is 5.75 Å². The lowest BCUT2D eigenvalue weighted by molar-refractivity contribution is -0.137. The van der Waals surface area contributed by atoms with Gasteiger partial charge < -0.3 is 9.47 Å². The van der Waals surface area contributed by atoms with Crippen LogP contribution < -0.4 is 4.74 Å². The number of ether oxygens (including phenoxy) is 2. The second-order valence-electron chi connectivity index (χ2n) is 4.68. The molecular formula is C18H16Cl2O3. The Morgan fingerprint density at radius 1 is 1.13 bits per heavy atom. The van der Waals surface area contributed by atoms with Crippen molar-refractivity contribution in [2.75, 3.05) is 6.61 Å². The lowest BCUT2D eigenvalue weighted by Gasteiger charge is -2.08. The van der Waals surface area contributed by atoms with Crippen LogP contribution in [0.5, 0.6) is 5.75 Å². The molecule has 0 fully saturated rings. The summed E-state index contributed by atoms with van der Waals surface area (Å²) in [5, 5.41) is 1.17. The van der Waals surface area contributed by atoms with Crippen molar-refractivity contribution in [3.63, 3.8) is 0 Å². The maximum Gasteiger partial charge on any atom is 0.330 e. The molecule has 5 heteroatoms. The zero-order chi connectivity index (χ0) is 16.7. The van der Waals surface area contributed by atoms with Gasteiger partial charge in [-0.05, 0) is 42.8 Å².